The normalized spacial score (nSPS) is 25.7. The third kappa shape index (κ3) is 4.44. The molecule has 2 saturated carbocycles. The smallest absolute Gasteiger partial charge is 0.416 e. The monoisotopic (exact) mass is 580 g/mol. The highest BCUT2D eigenvalue weighted by atomic mass is 35.5. The zero-order valence-electron chi connectivity index (χ0n) is 20.3. The summed E-state index contributed by atoms with van der Waals surface area (Å²) in [4.78, 5) is 26.9. The minimum atomic E-state index is -4.57. The Balaban J connectivity index is 1.33. The lowest BCUT2D eigenvalue weighted by molar-refractivity contribution is -0.137. The minimum Gasteiger partial charge on any atom is -0.497 e. The molecule has 2 fully saturated rings. The number of amides is 1. The van der Waals surface area contributed by atoms with Crippen LogP contribution in [0, 0.1) is 17.8 Å². The maximum atomic E-state index is 13.2. The highest BCUT2D eigenvalue weighted by Crippen LogP contribution is 2.64. The summed E-state index contributed by atoms with van der Waals surface area (Å²) < 4.78 is 46.3. The highest BCUT2D eigenvalue weighted by molar-refractivity contribution is 8.00. The van der Waals surface area contributed by atoms with Gasteiger partial charge in [-0.3, -0.25) is 14.2 Å². The Morgan fingerprint density at radius 2 is 1.89 bits per heavy atom. The largest absolute Gasteiger partial charge is 0.497 e. The van der Waals surface area contributed by atoms with Crippen molar-refractivity contribution in [3.8, 4) is 5.75 Å². The molecule has 1 amide bonds. The van der Waals surface area contributed by atoms with Crippen LogP contribution in [0.4, 0.5) is 18.9 Å². The van der Waals surface area contributed by atoms with Crippen LogP contribution >= 0.6 is 34.7 Å². The maximum absolute atomic E-state index is 13.2. The number of thiazole rings is 1. The minimum absolute atomic E-state index is 0.00943. The van der Waals surface area contributed by atoms with Crippen molar-refractivity contribution in [2.45, 2.75) is 48.2 Å². The van der Waals surface area contributed by atoms with Crippen LogP contribution < -0.4 is 14.9 Å². The van der Waals surface area contributed by atoms with Crippen molar-refractivity contribution in [3.63, 3.8) is 0 Å². The predicted octanol–water partition coefficient (Wildman–Crippen LogP) is 6.88. The van der Waals surface area contributed by atoms with E-state index >= 15 is 0 Å². The van der Waals surface area contributed by atoms with E-state index in [4.69, 9.17) is 16.3 Å². The van der Waals surface area contributed by atoms with Gasteiger partial charge in [0.25, 0.3) is 0 Å². The number of anilines is 1. The number of hydrogen-bond acceptors (Lipinski definition) is 5. The van der Waals surface area contributed by atoms with Crippen molar-refractivity contribution in [1.82, 2.24) is 4.57 Å². The van der Waals surface area contributed by atoms with E-state index in [9.17, 15) is 22.8 Å². The second kappa shape index (κ2) is 9.64. The molecule has 1 N–H and O–H groups in total. The molecule has 2 bridgehead atoms. The number of nitrogens with one attached hydrogen (secondary N) is 1. The summed E-state index contributed by atoms with van der Waals surface area (Å²) in [5, 5.41) is 3.61. The lowest BCUT2D eigenvalue weighted by Crippen LogP contribution is -2.34. The summed E-state index contributed by atoms with van der Waals surface area (Å²) in [7, 11) is 1.62. The van der Waals surface area contributed by atoms with Crippen LogP contribution in [0.25, 0.3) is 0 Å². The van der Waals surface area contributed by atoms with E-state index in [0.29, 0.717) is 23.0 Å². The molecule has 3 aliphatic rings. The lowest BCUT2D eigenvalue weighted by atomic mass is 9.75. The lowest BCUT2D eigenvalue weighted by Gasteiger charge is -2.40. The van der Waals surface area contributed by atoms with Crippen molar-refractivity contribution in [1.29, 1.82) is 0 Å². The van der Waals surface area contributed by atoms with Crippen LogP contribution in [-0.4, -0.2) is 22.8 Å². The third-order valence-electron chi connectivity index (χ3n) is 8.04. The molecule has 200 valence electrons. The molecular weight excluding hydrogens is 557 g/mol. The fraction of sp³-hybridized carbons (Fsp3) is 0.407. The second-order valence-corrected chi connectivity index (χ2v) is 12.7. The van der Waals surface area contributed by atoms with Crippen molar-refractivity contribution < 1.29 is 22.7 Å². The summed E-state index contributed by atoms with van der Waals surface area (Å²) >= 11 is 8.92. The number of thioether (sulfide) groups is 1. The first-order chi connectivity index (χ1) is 18.1. The van der Waals surface area contributed by atoms with Gasteiger partial charge in [-0.05, 0) is 72.9 Å². The Morgan fingerprint density at radius 1 is 1.16 bits per heavy atom. The van der Waals surface area contributed by atoms with Gasteiger partial charge in [0.1, 0.15) is 12.3 Å². The summed E-state index contributed by atoms with van der Waals surface area (Å²) in [5.74, 6) is 1.81. The van der Waals surface area contributed by atoms with Crippen LogP contribution in [0.1, 0.15) is 41.2 Å². The molecule has 38 heavy (non-hydrogen) atoms. The van der Waals surface area contributed by atoms with E-state index < -0.39 is 17.6 Å². The first-order valence-corrected chi connectivity index (χ1v) is 14.4. The number of carbonyl (C=O) groups is 1. The number of rotatable bonds is 5. The number of ether oxygens (including phenoxy) is 1. The molecule has 0 saturated heterocycles. The quantitative estimate of drug-likeness (QED) is 0.357. The van der Waals surface area contributed by atoms with Gasteiger partial charge >= 0.3 is 11.0 Å². The van der Waals surface area contributed by atoms with Crippen molar-refractivity contribution in [2.75, 3.05) is 12.4 Å². The van der Waals surface area contributed by atoms with Gasteiger partial charge in [-0.1, -0.05) is 35.1 Å². The number of fused-ring (bicyclic) bond motifs is 6. The van der Waals surface area contributed by atoms with Gasteiger partial charge in [0.15, 0.2) is 0 Å². The standard InChI is InChI=1S/C27H24ClF3N2O3S2/c1-36-17-7-4-13(5-8-17)21-22-14-2-3-15(10-14)23(22)37-25-24(21)38-26(35)33(25)12-20(34)32-19-11-16(27(29,30)31)6-9-18(19)28/h4-9,11,14-15,21-23H,2-3,10,12H2,1H3,(H,32,34). The molecule has 5 unspecified atom stereocenters. The fourth-order valence-corrected chi connectivity index (χ4v) is 9.72. The first-order valence-electron chi connectivity index (χ1n) is 12.3. The van der Waals surface area contributed by atoms with Crippen molar-refractivity contribution in [3.05, 3.63) is 73.2 Å². The Bertz CT molecular complexity index is 1450. The number of benzene rings is 2. The van der Waals surface area contributed by atoms with E-state index in [1.54, 1.807) is 18.9 Å². The van der Waals surface area contributed by atoms with E-state index in [0.717, 1.165) is 50.8 Å². The highest BCUT2D eigenvalue weighted by Gasteiger charge is 2.55. The van der Waals surface area contributed by atoms with Crippen LogP contribution in [0.2, 0.25) is 5.02 Å². The predicted molar refractivity (Wildman–Crippen MR) is 142 cm³/mol. The summed E-state index contributed by atoms with van der Waals surface area (Å²) in [6, 6.07) is 10.8. The number of aromatic nitrogens is 1. The molecule has 6 rings (SSSR count). The number of halogens is 4. The number of nitrogens with zero attached hydrogens (tertiary/aromatic N) is 1. The molecule has 0 radical (unpaired) electrons. The zero-order chi connectivity index (χ0) is 26.8. The van der Waals surface area contributed by atoms with Crippen molar-refractivity contribution >= 4 is 46.3 Å². The zero-order valence-corrected chi connectivity index (χ0v) is 22.6. The SMILES string of the molecule is COc1ccc(C2c3sc(=O)n(CC(=O)Nc4cc(C(F)(F)F)ccc4Cl)c3SC3C4CCC(C4)C23)cc1. The van der Waals surface area contributed by atoms with E-state index in [2.05, 4.69) is 17.4 Å². The van der Waals surface area contributed by atoms with Gasteiger partial charge in [-0.2, -0.15) is 13.2 Å². The van der Waals surface area contributed by atoms with Crippen LogP contribution in [0.5, 0.6) is 5.75 Å². The van der Waals surface area contributed by atoms with Crippen molar-refractivity contribution in [2.24, 2.45) is 17.8 Å². The van der Waals surface area contributed by atoms with Crippen LogP contribution in [0.3, 0.4) is 0 Å². The van der Waals surface area contributed by atoms with Crippen LogP contribution in [-0.2, 0) is 17.5 Å². The average Bonchev–Trinajstić information content (AvgIpc) is 3.58. The molecule has 11 heteroatoms. The third-order valence-corrected chi connectivity index (χ3v) is 11.2. The molecule has 0 spiro atoms. The van der Waals surface area contributed by atoms with E-state index in [1.165, 1.54) is 23.8 Å². The number of hydrogen-bond donors (Lipinski definition) is 1. The van der Waals surface area contributed by atoms with Gasteiger partial charge in [0.2, 0.25) is 5.91 Å². The fourth-order valence-electron chi connectivity index (χ4n) is 6.40. The van der Waals surface area contributed by atoms with E-state index in [1.807, 2.05) is 12.1 Å². The second-order valence-electron chi connectivity index (χ2n) is 10.1. The van der Waals surface area contributed by atoms with Gasteiger partial charge < -0.3 is 10.1 Å². The number of methoxy groups -OCH3 is 1. The number of alkyl halides is 3. The van der Waals surface area contributed by atoms with Gasteiger partial charge in [-0.25, -0.2) is 0 Å². The number of carbonyl (C=O) groups excluding carboxylic acids is 1. The molecule has 1 aromatic heterocycles. The Morgan fingerprint density at radius 3 is 2.61 bits per heavy atom. The Labute approximate surface area is 230 Å². The molecule has 3 aromatic rings. The van der Waals surface area contributed by atoms with Crippen LogP contribution in [0.15, 0.2) is 52.3 Å². The van der Waals surface area contributed by atoms with Gasteiger partial charge in [-0.15, -0.1) is 11.8 Å². The first kappa shape index (κ1) is 25.8. The molecular formula is C27H24ClF3N2O3S2. The molecule has 2 heterocycles. The molecule has 2 aliphatic carbocycles. The summed E-state index contributed by atoms with van der Waals surface area (Å²) in [5.41, 5.74) is 0.0755. The maximum Gasteiger partial charge on any atom is 0.416 e. The average molecular weight is 581 g/mol. The Kier molecular flexibility index (Phi) is 6.55. The summed E-state index contributed by atoms with van der Waals surface area (Å²) in [6.45, 7) is -0.301. The molecule has 1 aliphatic heterocycles. The topological polar surface area (TPSA) is 60.3 Å². The van der Waals surface area contributed by atoms with Gasteiger partial charge in [0, 0.05) is 16.0 Å². The van der Waals surface area contributed by atoms with Gasteiger partial charge in [0.05, 0.1) is 28.4 Å². The molecule has 2 aromatic carbocycles. The summed E-state index contributed by atoms with van der Waals surface area (Å²) in [6.07, 6.45) is -1.02. The Hall–Kier alpha value is -2.43. The van der Waals surface area contributed by atoms with E-state index in [-0.39, 0.29) is 28.0 Å². The molecule has 5 atom stereocenters. The molecule has 5 nitrogen and oxygen atoms in total.